The number of morpholine rings is 1. The highest BCUT2D eigenvalue weighted by atomic mass is 32.2. The van der Waals surface area contributed by atoms with E-state index in [4.69, 9.17) is 4.74 Å². The summed E-state index contributed by atoms with van der Waals surface area (Å²) >= 11 is 0. The second kappa shape index (κ2) is 6.94. The summed E-state index contributed by atoms with van der Waals surface area (Å²) in [4.78, 5) is 0. The molecule has 2 aliphatic heterocycles. The number of hydrogen-bond donors (Lipinski definition) is 1. The molecule has 0 radical (unpaired) electrons. The SMILES string of the molecule is O=S(=O)(CCC1CCCCN1)N1CCOC2CCCCC21. The Morgan fingerprint density at radius 3 is 2.71 bits per heavy atom. The van der Waals surface area contributed by atoms with Crippen molar-refractivity contribution in [1.29, 1.82) is 0 Å². The molecule has 1 aliphatic carbocycles. The summed E-state index contributed by atoms with van der Waals surface area (Å²) < 4.78 is 33.0. The second-order valence-corrected chi connectivity index (χ2v) is 8.66. The van der Waals surface area contributed by atoms with Gasteiger partial charge in [0.05, 0.1) is 24.5 Å². The zero-order chi connectivity index (χ0) is 14.7. The Hall–Kier alpha value is -0.170. The summed E-state index contributed by atoms with van der Waals surface area (Å²) in [6, 6.07) is 0.480. The molecule has 3 fully saturated rings. The molecule has 0 spiro atoms. The van der Waals surface area contributed by atoms with Crippen LogP contribution < -0.4 is 5.32 Å². The Morgan fingerprint density at radius 2 is 1.90 bits per heavy atom. The maximum atomic E-state index is 12.7. The molecule has 3 rings (SSSR count). The number of nitrogens with one attached hydrogen (secondary N) is 1. The smallest absolute Gasteiger partial charge is 0.214 e. The van der Waals surface area contributed by atoms with Crippen LogP contribution in [0.1, 0.15) is 51.4 Å². The van der Waals surface area contributed by atoms with Gasteiger partial charge in [-0.15, -0.1) is 0 Å². The summed E-state index contributed by atoms with van der Waals surface area (Å²) in [6.45, 7) is 2.14. The first-order chi connectivity index (χ1) is 10.2. The fourth-order valence-electron chi connectivity index (χ4n) is 3.99. The van der Waals surface area contributed by atoms with Gasteiger partial charge in [-0.1, -0.05) is 19.3 Å². The van der Waals surface area contributed by atoms with Crippen LogP contribution in [-0.4, -0.2) is 56.4 Å². The van der Waals surface area contributed by atoms with E-state index in [1.165, 1.54) is 19.3 Å². The monoisotopic (exact) mass is 316 g/mol. The number of hydrogen-bond acceptors (Lipinski definition) is 4. The molecular weight excluding hydrogens is 288 g/mol. The van der Waals surface area contributed by atoms with Crippen molar-refractivity contribution in [3.8, 4) is 0 Å². The lowest BCUT2D eigenvalue weighted by molar-refractivity contribution is -0.0586. The minimum absolute atomic E-state index is 0.0943. The number of ether oxygens (including phenoxy) is 1. The van der Waals surface area contributed by atoms with Crippen molar-refractivity contribution in [3.05, 3.63) is 0 Å². The van der Waals surface area contributed by atoms with E-state index in [9.17, 15) is 8.42 Å². The number of sulfonamides is 1. The van der Waals surface area contributed by atoms with E-state index < -0.39 is 10.0 Å². The fraction of sp³-hybridized carbons (Fsp3) is 1.00. The van der Waals surface area contributed by atoms with Crippen LogP contribution in [0.2, 0.25) is 0 Å². The van der Waals surface area contributed by atoms with Gasteiger partial charge in [0.15, 0.2) is 0 Å². The first-order valence-corrected chi connectivity index (χ1v) is 10.1. The number of piperidine rings is 1. The molecule has 0 aromatic heterocycles. The van der Waals surface area contributed by atoms with Crippen LogP contribution in [0.4, 0.5) is 0 Å². The lowest BCUT2D eigenvalue weighted by Crippen LogP contribution is -2.55. The highest BCUT2D eigenvalue weighted by Gasteiger charge is 2.40. The van der Waals surface area contributed by atoms with Crippen molar-refractivity contribution in [3.63, 3.8) is 0 Å². The first-order valence-electron chi connectivity index (χ1n) is 8.51. The van der Waals surface area contributed by atoms with Gasteiger partial charge in [-0.3, -0.25) is 0 Å². The topological polar surface area (TPSA) is 58.6 Å². The molecule has 0 amide bonds. The van der Waals surface area contributed by atoms with Crippen LogP contribution in [0.5, 0.6) is 0 Å². The zero-order valence-electron chi connectivity index (χ0n) is 12.8. The molecule has 3 unspecified atom stereocenters. The predicted molar refractivity (Wildman–Crippen MR) is 82.7 cm³/mol. The average Bonchev–Trinajstić information content (AvgIpc) is 2.53. The van der Waals surface area contributed by atoms with Crippen LogP contribution in [0, 0.1) is 0 Å². The van der Waals surface area contributed by atoms with Gasteiger partial charge in [-0.2, -0.15) is 4.31 Å². The minimum Gasteiger partial charge on any atom is -0.375 e. The van der Waals surface area contributed by atoms with Crippen LogP contribution in [0.15, 0.2) is 0 Å². The highest BCUT2D eigenvalue weighted by molar-refractivity contribution is 7.89. The third kappa shape index (κ3) is 3.78. The highest BCUT2D eigenvalue weighted by Crippen LogP contribution is 2.30. The van der Waals surface area contributed by atoms with E-state index in [1.54, 1.807) is 4.31 Å². The molecule has 1 N–H and O–H groups in total. The lowest BCUT2D eigenvalue weighted by Gasteiger charge is -2.43. The van der Waals surface area contributed by atoms with Crippen LogP contribution in [0.3, 0.4) is 0 Å². The van der Waals surface area contributed by atoms with Gasteiger partial charge in [0, 0.05) is 12.6 Å². The molecule has 122 valence electrons. The summed E-state index contributed by atoms with van der Waals surface area (Å²) in [5.74, 6) is 0.286. The summed E-state index contributed by atoms with van der Waals surface area (Å²) in [5, 5.41) is 3.44. The van der Waals surface area contributed by atoms with Crippen molar-refractivity contribution in [1.82, 2.24) is 9.62 Å². The van der Waals surface area contributed by atoms with E-state index in [1.807, 2.05) is 0 Å². The van der Waals surface area contributed by atoms with E-state index in [0.29, 0.717) is 19.2 Å². The largest absolute Gasteiger partial charge is 0.375 e. The maximum absolute atomic E-state index is 12.7. The molecule has 6 heteroatoms. The Bertz CT molecular complexity index is 432. The van der Waals surface area contributed by atoms with Gasteiger partial charge in [-0.05, 0) is 38.6 Å². The Morgan fingerprint density at radius 1 is 1.10 bits per heavy atom. The molecule has 0 aromatic carbocycles. The molecule has 3 aliphatic rings. The van der Waals surface area contributed by atoms with Crippen molar-refractivity contribution < 1.29 is 13.2 Å². The third-order valence-electron chi connectivity index (χ3n) is 5.18. The predicted octanol–water partition coefficient (Wildman–Crippen LogP) is 1.49. The van der Waals surface area contributed by atoms with Gasteiger partial charge in [0.25, 0.3) is 0 Å². The lowest BCUT2D eigenvalue weighted by atomic mass is 9.91. The van der Waals surface area contributed by atoms with Crippen molar-refractivity contribution >= 4 is 10.0 Å². The molecule has 5 nitrogen and oxygen atoms in total. The summed E-state index contributed by atoms with van der Waals surface area (Å²) in [6.07, 6.45) is 8.71. The average molecular weight is 316 g/mol. The third-order valence-corrected chi connectivity index (χ3v) is 7.09. The van der Waals surface area contributed by atoms with Gasteiger partial charge < -0.3 is 10.1 Å². The van der Waals surface area contributed by atoms with Crippen molar-refractivity contribution in [2.24, 2.45) is 0 Å². The molecule has 3 atom stereocenters. The van der Waals surface area contributed by atoms with Crippen molar-refractivity contribution in [2.75, 3.05) is 25.4 Å². The van der Waals surface area contributed by atoms with Crippen LogP contribution in [0.25, 0.3) is 0 Å². The molecule has 0 aromatic rings. The molecular formula is C15H28N2O3S. The minimum atomic E-state index is -3.14. The van der Waals surface area contributed by atoms with Gasteiger partial charge in [-0.25, -0.2) is 8.42 Å². The van der Waals surface area contributed by atoms with E-state index in [2.05, 4.69) is 5.32 Å². The Kier molecular flexibility index (Phi) is 5.19. The van der Waals surface area contributed by atoms with Crippen molar-refractivity contribution in [2.45, 2.75) is 69.6 Å². The number of rotatable bonds is 4. The molecule has 2 saturated heterocycles. The summed E-state index contributed by atoms with van der Waals surface area (Å²) in [5.41, 5.74) is 0. The van der Waals surface area contributed by atoms with E-state index in [0.717, 1.165) is 38.6 Å². The quantitative estimate of drug-likeness (QED) is 0.854. The standard InChI is InChI=1S/C15H28N2O3S/c18-21(19,12-8-13-5-3-4-9-16-13)17-10-11-20-15-7-2-1-6-14(15)17/h13-16H,1-12H2. The van der Waals surface area contributed by atoms with E-state index >= 15 is 0 Å². The maximum Gasteiger partial charge on any atom is 0.214 e. The molecule has 1 saturated carbocycles. The van der Waals surface area contributed by atoms with Gasteiger partial charge in [0.2, 0.25) is 10.0 Å². The second-order valence-electron chi connectivity index (χ2n) is 6.62. The molecule has 0 bridgehead atoms. The van der Waals surface area contributed by atoms with E-state index in [-0.39, 0.29) is 17.9 Å². The normalized spacial score (nSPS) is 35.3. The zero-order valence-corrected chi connectivity index (χ0v) is 13.6. The Labute approximate surface area is 128 Å². The summed E-state index contributed by atoms with van der Waals surface area (Å²) in [7, 11) is -3.14. The number of nitrogens with zero attached hydrogens (tertiary/aromatic N) is 1. The Balaban J connectivity index is 1.60. The number of fused-ring (bicyclic) bond motifs is 1. The fourth-order valence-corrected chi connectivity index (χ4v) is 5.81. The molecule has 21 heavy (non-hydrogen) atoms. The van der Waals surface area contributed by atoms with Gasteiger partial charge >= 0.3 is 0 Å². The van der Waals surface area contributed by atoms with Crippen LogP contribution in [-0.2, 0) is 14.8 Å². The van der Waals surface area contributed by atoms with Crippen LogP contribution >= 0.6 is 0 Å². The molecule has 2 heterocycles. The van der Waals surface area contributed by atoms with Gasteiger partial charge in [0.1, 0.15) is 0 Å². The first kappa shape index (κ1) is 15.7.